The molecule has 0 radical (unpaired) electrons. The third-order valence-electron chi connectivity index (χ3n) is 1.97. The average Bonchev–Trinajstić information content (AvgIpc) is 2.04. The van der Waals surface area contributed by atoms with E-state index in [9.17, 15) is 0 Å². The maximum Gasteiger partial charge on any atom is 0.123 e. The van der Waals surface area contributed by atoms with Crippen molar-refractivity contribution in [3.63, 3.8) is 0 Å². The van der Waals surface area contributed by atoms with Crippen molar-refractivity contribution in [2.45, 2.75) is 19.4 Å². The van der Waals surface area contributed by atoms with Crippen molar-refractivity contribution in [1.82, 2.24) is 4.98 Å². The highest BCUT2D eigenvalue weighted by molar-refractivity contribution is 5.35. The van der Waals surface area contributed by atoms with Gasteiger partial charge in [-0.3, -0.25) is 0 Å². The molecule has 0 aliphatic rings. The van der Waals surface area contributed by atoms with Gasteiger partial charge in [-0.05, 0) is 25.0 Å². The molecule has 4 N–H and O–H groups in total. The largest absolute Gasteiger partial charge is 0.384 e. The Labute approximate surface area is 78.5 Å². The van der Waals surface area contributed by atoms with E-state index in [2.05, 4.69) is 11.6 Å². The predicted molar refractivity (Wildman–Crippen MR) is 55.1 cm³/mol. The van der Waals surface area contributed by atoms with Gasteiger partial charge in [0, 0.05) is 11.7 Å². The molecule has 0 aliphatic carbocycles. The number of nitrogens with zero attached hydrogens (tertiary/aromatic N) is 1. The van der Waals surface area contributed by atoms with Crippen LogP contribution in [0.4, 0.5) is 5.82 Å². The molecular formula is C10H15N3. The highest BCUT2D eigenvalue weighted by Crippen LogP contribution is 2.18. The summed E-state index contributed by atoms with van der Waals surface area (Å²) in [6.07, 6.45) is 2.56. The van der Waals surface area contributed by atoms with Crippen LogP contribution in [0.1, 0.15) is 23.7 Å². The summed E-state index contributed by atoms with van der Waals surface area (Å²) in [5, 5.41) is 0. The average molecular weight is 177 g/mol. The Bertz CT molecular complexity index is 307. The van der Waals surface area contributed by atoms with Gasteiger partial charge in [0.1, 0.15) is 5.82 Å². The van der Waals surface area contributed by atoms with Crippen LogP contribution in [0.25, 0.3) is 0 Å². The van der Waals surface area contributed by atoms with Crippen LogP contribution in [0.3, 0.4) is 0 Å². The number of aromatic nitrogens is 1. The molecule has 0 fully saturated rings. The summed E-state index contributed by atoms with van der Waals surface area (Å²) in [7, 11) is 0. The van der Waals surface area contributed by atoms with Crippen LogP contribution in [-0.2, 0) is 0 Å². The van der Waals surface area contributed by atoms with Gasteiger partial charge < -0.3 is 11.5 Å². The minimum Gasteiger partial charge on any atom is -0.384 e. The van der Waals surface area contributed by atoms with Gasteiger partial charge in [0.2, 0.25) is 0 Å². The Hall–Kier alpha value is -1.35. The molecular weight excluding hydrogens is 162 g/mol. The van der Waals surface area contributed by atoms with Gasteiger partial charge in [0.25, 0.3) is 0 Å². The van der Waals surface area contributed by atoms with Crippen LogP contribution in [0, 0.1) is 6.92 Å². The second-order valence-corrected chi connectivity index (χ2v) is 3.04. The molecule has 0 aromatic carbocycles. The minimum absolute atomic E-state index is 0.0226. The summed E-state index contributed by atoms with van der Waals surface area (Å²) < 4.78 is 0. The molecule has 0 bridgehead atoms. The number of rotatable bonds is 3. The van der Waals surface area contributed by atoms with E-state index in [4.69, 9.17) is 11.5 Å². The number of anilines is 1. The lowest BCUT2D eigenvalue weighted by atomic mass is 10.0. The zero-order chi connectivity index (χ0) is 9.84. The molecule has 0 spiro atoms. The number of aryl methyl sites for hydroxylation is 1. The van der Waals surface area contributed by atoms with Crippen molar-refractivity contribution in [2.24, 2.45) is 5.73 Å². The highest BCUT2D eigenvalue weighted by atomic mass is 14.8. The summed E-state index contributed by atoms with van der Waals surface area (Å²) in [5.41, 5.74) is 13.4. The van der Waals surface area contributed by atoms with Gasteiger partial charge in [-0.15, -0.1) is 6.58 Å². The van der Waals surface area contributed by atoms with Crippen LogP contribution < -0.4 is 11.5 Å². The van der Waals surface area contributed by atoms with Crippen LogP contribution in [0.5, 0.6) is 0 Å². The number of pyridine rings is 1. The summed E-state index contributed by atoms with van der Waals surface area (Å²) in [6, 6.07) is 3.67. The van der Waals surface area contributed by atoms with Gasteiger partial charge in [0.05, 0.1) is 0 Å². The van der Waals surface area contributed by atoms with Crippen molar-refractivity contribution in [2.75, 3.05) is 5.73 Å². The Balaban J connectivity index is 2.94. The second-order valence-electron chi connectivity index (χ2n) is 3.04. The summed E-state index contributed by atoms with van der Waals surface area (Å²) in [5.74, 6) is 0.534. The van der Waals surface area contributed by atoms with Crippen molar-refractivity contribution < 1.29 is 0 Å². The van der Waals surface area contributed by atoms with Crippen molar-refractivity contribution in [3.8, 4) is 0 Å². The topological polar surface area (TPSA) is 64.9 Å². The maximum atomic E-state index is 5.90. The van der Waals surface area contributed by atoms with E-state index in [1.165, 1.54) is 0 Å². The first-order valence-electron chi connectivity index (χ1n) is 4.24. The standard InChI is InChI=1S/C10H15N3/c1-3-4-9(11)8-5-6-10(12)13-7(8)2/h3,5-6,9H,1,4,11H2,2H3,(H2,12,13). The van der Waals surface area contributed by atoms with Gasteiger partial charge in [-0.25, -0.2) is 4.98 Å². The summed E-state index contributed by atoms with van der Waals surface area (Å²) in [6.45, 7) is 5.56. The SMILES string of the molecule is C=CCC(N)c1ccc(N)nc1C. The van der Waals surface area contributed by atoms with Gasteiger partial charge in [0.15, 0.2) is 0 Å². The molecule has 1 heterocycles. The van der Waals surface area contributed by atoms with Crippen molar-refractivity contribution >= 4 is 5.82 Å². The molecule has 70 valence electrons. The molecule has 3 nitrogen and oxygen atoms in total. The predicted octanol–water partition coefficient (Wildman–Crippen LogP) is 1.55. The van der Waals surface area contributed by atoms with Crippen LogP contribution >= 0.6 is 0 Å². The van der Waals surface area contributed by atoms with E-state index in [-0.39, 0.29) is 6.04 Å². The quantitative estimate of drug-likeness (QED) is 0.688. The zero-order valence-electron chi connectivity index (χ0n) is 7.83. The monoisotopic (exact) mass is 177 g/mol. The third kappa shape index (κ3) is 2.29. The third-order valence-corrected chi connectivity index (χ3v) is 1.97. The first-order chi connectivity index (χ1) is 6.15. The first kappa shape index (κ1) is 9.74. The normalized spacial score (nSPS) is 12.5. The molecule has 1 aromatic rings. The molecule has 0 saturated heterocycles. The number of nitrogens with two attached hydrogens (primary N) is 2. The lowest BCUT2D eigenvalue weighted by Gasteiger charge is -2.11. The van der Waals surface area contributed by atoms with Crippen molar-refractivity contribution in [3.05, 3.63) is 36.0 Å². The fourth-order valence-electron chi connectivity index (χ4n) is 1.29. The Morgan fingerprint density at radius 1 is 1.62 bits per heavy atom. The smallest absolute Gasteiger partial charge is 0.123 e. The van der Waals surface area contributed by atoms with E-state index in [0.717, 1.165) is 17.7 Å². The fraction of sp³-hybridized carbons (Fsp3) is 0.300. The molecule has 1 unspecified atom stereocenters. The molecule has 13 heavy (non-hydrogen) atoms. The van der Waals surface area contributed by atoms with Crippen LogP contribution in [0.2, 0.25) is 0 Å². The lowest BCUT2D eigenvalue weighted by molar-refractivity contribution is 0.730. The Morgan fingerprint density at radius 2 is 2.31 bits per heavy atom. The molecule has 1 atom stereocenters. The Kier molecular flexibility index (Phi) is 3.03. The molecule has 3 heteroatoms. The molecule has 0 aliphatic heterocycles. The second kappa shape index (κ2) is 4.05. The first-order valence-corrected chi connectivity index (χ1v) is 4.24. The zero-order valence-corrected chi connectivity index (χ0v) is 7.83. The molecule has 1 aromatic heterocycles. The van der Waals surface area contributed by atoms with Crippen molar-refractivity contribution in [1.29, 1.82) is 0 Å². The molecule has 0 amide bonds. The number of nitrogen functional groups attached to an aromatic ring is 1. The molecule has 0 saturated carbocycles. The van der Waals surface area contributed by atoms with Crippen LogP contribution in [0.15, 0.2) is 24.8 Å². The fourth-order valence-corrected chi connectivity index (χ4v) is 1.29. The van der Waals surface area contributed by atoms with E-state index >= 15 is 0 Å². The van der Waals surface area contributed by atoms with E-state index in [0.29, 0.717) is 5.82 Å². The lowest BCUT2D eigenvalue weighted by Crippen LogP contribution is -2.11. The van der Waals surface area contributed by atoms with E-state index in [1.54, 1.807) is 12.1 Å². The van der Waals surface area contributed by atoms with Crippen LogP contribution in [-0.4, -0.2) is 4.98 Å². The maximum absolute atomic E-state index is 5.90. The Morgan fingerprint density at radius 3 is 2.85 bits per heavy atom. The van der Waals surface area contributed by atoms with E-state index in [1.807, 2.05) is 13.0 Å². The summed E-state index contributed by atoms with van der Waals surface area (Å²) >= 11 is 0. The highest BCUT2D eigenvalue weighted by Gasteiger charge is 2.07. The van der Waals surface area contributed by atoms with Gasteiger partial charge in [-0.2, -0.15) is 0 Å². The number of hydrogen-bond acceptors (Lipinski definition) is 3. The van der Waals surface area contributed by atoms with E-state index < -0.39 is 0 Å². The number of hydrogen-bond donors (Lipinski definition) is 2. The van der Waals surface area contributed by atoms with Gasteiger partial charge in [-0.1, -0.05) is 12.1 Å². The van der Waals surface area contributed by atoms with Gasteiger partial charge >= 0.3 is 0 Å². The molecule has 1 rings (SSSR count). The summed E-state index contributed by atoms with van der Waals surface area (Å²) in [4.78, 5) is 4.14. The minimum atomic E-state index is -0.0226.